The molecule has 0 aliphatic heterocycles. The van der Waals surface area contributed by atoms with E-state index in [-0.39, 0.29) is 32.2 Å². The van der Waals surface area contributed by atoms with E-state index < -0.39 is 6.10 Å². The van der Waals surface area contributed by atoms with Gasteiger partial charge in [-0.1, -0.05) is 11.6 Å². The van der Waals surface area contributed by atoms with Crippen molar-refractivity contribution in [2.24, 2.45) is 0 Å². The summed E-state index contributed by atoms with van der Waals surface area (Å²) >= 11 is 6.09. The highest BCUT2D eigenvalue weighted by Gasteiger charge is 2.12. The van der Waals surface area contributed by atoms with Crippen LogP contribution in [0.25, 0.3) is 0 Å². The molecule has 1 rings (SSSR count). The van der Waals surface area contributed by atoms with E-state index in [1.807, 2.05) is 26.0 Å². The van der Waals surface area contributed by atoms with Gasteiger partial charge in [-0.3, -0.25) is 4.90 Å². The van der Waals surface area contributed by atoms with Crippen LogP contribution in [0.1, 0.15) is 11.1 Å². The highest BCUT2D eigenvalue weighted by atomic mass is 35.5. The van der Waals surface area contributed by atoms with E-state index in [9.17, 15) is 5.11 Å². The van der Waals surface area contributed by atoms with Crippen LogP contribution in [0.5, 0.6) is 5.75 Å². The number of ether oxygens (including phenoxy) is 1. The van der Waals surface area contributed by atoms with Crippen molar-refractivity contribution in [3.8, 4) is 5.75 Å². The number of aryl methyl sites for hydroxylation is 2. The standard InChI is InChI=1S/C15H24ClNO4.ClH/c1-11-7-14(8-12(2)15(11)16)21-10-13(20)9-17(3-5-18)4-6-19;/h7-8,13,18-20H,3-6,9-10H2,1-2H3;1H. The van der Waals surface area contributed by atoms with Gasteiger partial charge in [0.25, 0.3) is 0 Å². The van der Waals surface area contributed by atoms with E-state index in [2.05, 4.69) is 0 Å². The van der Waals surface area contributed by atoms with Crippen molar-refractivity contribution in [2.75, 3.05) is 39.5 Å². The molecule has 0 spiro atoms. The third kappa shape index (κ3) is 7.13. The second kappa shape index (κ2) is 11.0. The maximum absolute atomic E-state index is 9.97. The van der Waals surface area contributed by atoms with E-state index >= 15 is 0 Å². The molecule has 0 aromatic heterocycles. The Balaban J connectivity index is 0.00000441. The molecular weight excluding hydrogens is 329 g/mol. The highest BCUT2D eigenvalue weighted by molar-refractivity contribution is 6.32. The molecule has 3 N–H and O–H groups in total. The first-order valence-corrected chi connectivity index (χ1v) is 7.37. The molecule has 0 aliphatic carbocycles. The Morgan fingerprint density at radius 3 is 2.09 bits per heavy atom. The summed E-state index contributed by atoms with van der Waals surface area (Å²) in [4.78, 5) is 1.78. The third-order valence-corrected chi connectivity index (χ3v) is 3.75. The molecular formula is C15H25Cl2NO4. The second-order valence-corrected chi connectivity index (χ2v) is 5.46. The number of nitrogens with zero attached hydrogens (tertiary/aromatic N) is 1. The summed E-state index contributed by atoms with van der Waals surface area (Å²) in [5.41, 5.74) is 1.87. The first-order valence-electron chi connectivity index (χ1n) is 6.99. The summed E-state index contributed by atoms with van der Waals surface area (Å²) in [7, 11) is 0. The average Bonchev–Trinajstić information content (AvgIpc) is 2.43. The van der Waals surface area contributed by atoms with Crippen LogP contribution in [-0.2, 0) is 0 Å². The zero-order valence-corrected chi connectivity index (χ0v) is 14.5. The quantitative estimate of drug-likeness (QED) is 0.625. The second-order valence-electron chi connectivity index (χ2n) is 5.08. The van der Waals surface area contributed by atoms with Crippen molar-refractivity contribution in [3.63, 3.8) is 0 Å². The van der Waals surface area contributed by atoms with Gasteiger partial charge in [-0.15, -0.1) is 12.4 Å². The molecule has 0 amide bonds. The van der Waals surface area contributed by atoms with Crippen LogP contribution in [0.4, 0.5) is 0 Å². The minimum atomic E-state index is -0.695. The fourth-order valence-electron chi connectivity index (χ4n) is 2.11. The Labute approximate surface area is 142 Å². The molecule has 0 saturated carbocycles. The van der Waals surface area contributed by atoms with E-state index in [0.717, 1.165) is 16.1 Å². The third-order valence-electron chi connectivity index (χ3n) is 3.15. The predicted molar refractivity (Wildman–Crippen MR) is 90.3 cm³/mol. The van der Waals surface area contributed by atoms with Crippen LogP contribution in [0.2, 0.25) is 5.02 Å². The molecule has 1 unspecified atom stereocenters. The molecule has 0 bridgehead atoms. The van der Waals surface area contributed by atoms with Gasteiger partial charge in [-0.25, -0.2) is 0 Å². The number of benzene rings is 1. The molecule has 0 aliphatic rings. The van der Waals surface area contributed by atoms with Crippen molar-refractivity contribution in [1.82, 2.24) is 4.90 Å². The summed E-state index contributed by atoms with van der Waals surface area (Å²) in [5.74, 6) is 0.671. The van der Waals surface area contributed by atoms with Crippen molar-refractivity contribution >= 4 is 24.0 Å². The summed E-state index contributed by atoms with van der Waals surface area (Å²) in [6, 6.07) is 3.67. The molecule has 1 atom stereocenters. The first-order chi connectivity index (χ1) is 9.97. The predicted octanol–water partition coefficient (Wildman–Crippen LogP) is 1.40. The largest absolute Gasteiger partial charge is 0.491 e. The lowest BCUT2D eigenvalue weighted by atomic mass is 10.1. The van der Waals surface area contributed by atoms with Crippen LogP contribution in [-0.4, -0.2) is 65.8 Å². The monoisotopic (exact) mass is 353 g/mol. The molecule has 0 saturated heterocycles. The molecule has 0 radical (unpaired) electrons. The van der Waals surface area contributed by atoms with Gasteiger partial charge >= 0.3 is 0 Å². The zero-order valence-electron chi connectivity index (χ0n) is 13.0. The van der Waals surface area contributed by atoms with Gasteiger partial charge < -0.3 is 20.1 Å². The molecule has 5 nitrogen and oxygen atoms in total. The number of hydrogen-bond acceptors (Lipinski definition) is 5. The van der Waals surface area contributed by atoms with E-state index in [0.29, 0.717) is 25.4 Å². The molecule has 128 valence electrons. The molecule has 7 heteroatoms. The van der Waals surface area contributed by atoms with Gasteiger partial charge in [-0.05, 0) is 37.1 Å². The normalized spacial score (nSPS) is 12.1. The van der Waals surface area contributed by atoms with E-state index in [1.165, 1.54) is 0 Å². The summed E-state index contributed by atoms with van der Waals surface area (Å²) in [6.45, 7) is 5.10. The molecule has 0 heterocycles. The number of rotatable bonds is 9. The summed E-state index contributed by atoms with van der Waals surface area (Å²) in [5, 5.41) is 28.5. The Hall–Kier alpha value is -0.560. The Kier molecular flexibility index (Phi) is 10.8. The lowest BCUT2D eigenvalue weighted by molar-refractivity contribution is 0.0552. The maximum atomic E-state index is 9.97. The highest BCUT2D eigenvalue weighted by Crippen LogP contribution is 2.25. The van der Waals surface area contributed by atoms with Crippen LogP contribution in [0.3, 0.4) is 0 Å². The summed E-state index contributed by atoms with van der Waals surface area (Å²) < 4.78 is 5.58. The van der Waals surface area contributed by atoms with Gasteiger partial charge in [0.05, 0.1) is 13.2 Å². The number of aliphatic hydroxyl groups is 3. The summed E-state index contributed by atoms with van der Waals surface area (Å²) in [6.07, 6.45) is -0.695. The number of halogens is 2. The lowest BCUT2D eigenvalue weighted by Crippen LogP contribution is -2.38. The zero-order chi connectivity index (χ0) is 15.8. The Morgan fingerprint density at radius 2 is 1.64 bits per heavy atom. The lowest BCUT2D eigenvalue weighted by Gasteiger charge is -2.23. The number of hydrogen-bond donors (Lipinski definition) is 3. The minimum Gasteiger partial charge on any atom is -0.491 e. The minimum absolute atomic E-state index is 0. The molecule has 1 aromatic carbocycles. The smallest absolute Gasteiger partial charge is 0.120 e. The number of aliphatic hydroxyl groups excluding tert-OH is 3. The maximum Gasteiger partial charge on any atom is 0.120 e. The van der Waals surface area contributed by atoms with Gasteiger partial charge in [0.1, 0.15) is 18.5 Å². The van der Waals surface area contributed by atoms with Gasteiger partial charge in [0, 0.05) is 24.7 Å². The van der Waals surface area contributed by atoms with E-state index in [1.54, 1.807) is 4.90 Å². The van der Waals surface area contributed by atoms with Gasteiger partial charge in [-0.2, -0.15) is 0 Å². The van der Waals surface area contributed by atoms with Crippen molar-refractivity contribution in [2.45, 2.75) is 20.0 Å². The Bertz CT molecular complexity index is 417. The molecule has 0 fully saturated rings. The fourth-order valence-corrected chi connectivity index (χ4v) is 2.22. The molecule has 1 aromatic rings. The van der Waals surface area contributed by atoms with Crippen molar-refractivity contribution in [3.05, 3.63) is 28.3 Å². The van der Waals surface area contributed by atoms with Crippen molar-refractivity contribution < 1.29 is 20.1 Å². The average molecular weight is 354 g/mol. The topological polar surface area (TPSA) is 73.2 Å². The molecule has 22 heavy (non-hydrogen) atoms. The fraction of sp³-hybridized carbons (Fsp3) is 0.600. The van der Waals surface area contributed by atoms with Crippen LogP contribution in [0.15, 0.2) is 12.1 Å². The van der Waals surface area contributed by atoms with Crippen LogP contribution in [0, 0.1) is 13.8 Å². The first kappa shape index (κ1) is 21.4. The Morgan fingerprint density at radius 1 is 1.14 bits per heavy atom. The van der Waals surface area contributed by atoms with Crippen LogP contribution < -0.4 is 4.74 Å². The van der Waals surface area contributed by atoms with Gasteiger partial charge in [0.15, 0.2) is 0 Å². The van der Waals surface area contributed by atoms with Gasteiger partial charge in [0.2, 0.25) is 0 Å². The SMILES string of the molecule is Cc1cc(OCC(O)CN(CCO)CCO)cc(C)c1Cl.Cl. The van der Waals surface area contributed by atoms with E-state index in [4.69, 9.17) is 26.6 Å². The van der Waals surface area contributed by atoms with Crippen LogP contribution >= 0.6 is 24.0 Å². The van der Waals surface area contributed by atoms with Crippen molar-refractivity contribution in [1.29, 1.82) is 0 Å².